The molecular formula is C12H17BrN2O3S. The summed E-state index contributed by atoms with van der Waals surface area (Å²) in [5, 5.41) is 12.8. The average molecular weight is 349 g/mol. The number of carbonyl (C=O) groups excluding carboxylic acids is 1. The number of β-amino-alcohol motifs (C(OH)–C–C–N with tert-alkyl or cyclic N) is 1. The van der Waals surface area contributed by atoms with E-state index in [1.165, 1.54) is 16.2 Å². The first kappa shape index (κ1) is 14.7. The molecule has 106 valence electrons. The Bertz CT molecular complexity index is 472. The second-order valence-electron chi connectivity index (χ2n) is 5.57. The number of hydrogen-bond donors (Lipinski definition) is 1. The summed E-state index contributed by atoms with van der Waals surface area (Å²) in [5.41, 5.74) is -0.523. The van der Waals surface area contributed by atoms with Gasteiger partial charge in [-0.05, 0) is 36.7 Å². The molecule has 2 atom stereocenters. The van der Waals surface area contributed by atoms with Gasteiger partial charge in [-0.15, -0.1) is 11.3 Å². The van der Waals surface area contributed by atoms with Gasteiger partial charge in [0.2, 0.25) is 0 Å². The first-order valence-corrected chi connectivity index (χ1v) is 7.70. The highest BCUT2D eigenvalue weighted by molar-refractivity contribution is 9.10. The fourth-order valence-electron chi connectivity index (χ4n) is 1.94. The normalized spacial score (nSPS) is 23.7. The molecule has 1 aliphatic heterocycles. The Morgan fingerprint density at radius 3 is 2.79 bits per heavy atom. The van der Waals surface area contributed by atoms with Crippen LogP contribution in [0.15, 0.2) is 9.98 Å². The molecule has 1 aromatic heterocycles. The van der Waals surface area contributed by atoms with Crippen LogP contribution >= 0.6 is 27.3 Å². The van der Waals surface area contributed by atoms with Gasteiger partial charge < -0.3 is 14.7 Å². The molecule has 0 saturated carbocycles. The Morgan fingerprint density at radius 2 is 2.26 bits per heavy atom. The van der Waals surface area contributed by atoms with E-state index in [0.29, 0.717) is 6.54 Å². The topological polar surface area (TPSA) is 62.7 Å². The Kier molecular flexibility index (Phi) is 4.17. The van der Waals surface area contributed by atoms with Gasteiger partial charge in [-0.25, -0.2) is 9.78 Å². The smallest absolute Gasteiger partial charge is 0.410 e. The van der Waals surface area contributed by atoms with Crippen molar-refractivity contribution < 1.29 is 14.6 Å². The van der Waals surface area contributed by atoms with E-state index in [9.17, 15) is 9.90 Å². The quantitative estimate of drug-likeness (QED) is 0.847. The van der Waals surface area contributed by atoms with Crippen molar-refractivity contribution in [1.82, 2.24) is 9.88 Å². The van der Waals surface area contributed by atoms with Gasteiger partial charge in [-0.1, -0.05) is 0 Å². The largest absolute Gasteiger partial charge is 0.444 e. The number of likely N-dealkylation sites (tertiary alicyclic amines) is 1. The lowest BCUT2D eigenvalue weighted by molar-refractivity contribution is 0.0270. The SMILES string of the molecule is CC(C)(C)OC(=O)N1CC(O)C(c2nc(Br)cs2)C1. The summed E-state index contributed by atoms with van der Waals surface area (Å²) >= 11 is 4.78. The lowest BCUT2D eigenvalue weighted by atomic mass is 10.1. The zero-order valence-electron chi connectivity index (χ0n) is 11.1. The highest BCUT2D eigenvalue weighted by Crippen LogP contribution is 2.31. The highest BCUT2D eigenvalue weighted by atomic mass is 79.9. The highest BCUT2D eigenvalue weighted by Gasteiger charge is 2.38. The van der Waals surface area contributed by atoms with Gasteiger partial charge in [0.05, 0.1) is 18.6 Å². The third kappa shape index (κ3) is 3.67. The van der Waals surface area contributed by atoms with Crippen LogP contribution in [0.25, 0.3) is 0 Å². The number of ether oxygens (including phenoxy) is 1. The Morgan fingerprint density at radius 1 is 1.58 bits per heavy atom. The van der Waals surface area contributed by atoms with Gasteiger partial charge in [0.1, 0.15) is 15.2 Å². The molecule has 1 fully saturated rings. The van der Waals surface area contributed by atoms with Crippen molar-refractivity contribution in [2.75, 3.05) is 13.1 Å². The van der Waals surface area contributed by atoms with E-state index < -0.39 is 11.7 Å². The van der Waals surface area contributed by atoms with E-state index in [4.69, 9.17) is 4.74 Å². The summed E-state index contributed by atoms with van der Waals surface area (Å²) in [7, 11) is 0. The fraction of sp³-hybridized carbons (Fsp3) is 0.667. The molecule has 0 bridgehead atoms. The maximum absolute atomic E-state index is 12.0. The number of carbonyl (C=O) groups is 1. The first-order valence-electron chi connectivity index (χ1n) is 6.03. The third-order valence-electron chi connectivity index (χ3n) is 2.75. The molecule has 1 aromatic rings. The molecule has 1 amide bonds. The molecule has 1 saturated heterocycles. The molecular weight excluding hydrogens is 332 g/mol. The molecule has 0 spiro atoms. The number of aliphatic hydroxyl groups excluding tert-OH is 1. The minimum atomic E-state index is -0.592. The van der Waals surface area contributed by atoms with Crippen molar-refractivity contribution in [3.8, 4) is 0 Å². The zero-order valence-corrected chi connectivity index (χ0v) is 13.5. The predicted octanol–water partition coefficient (Wildman–Crippen LogP) is 2.60. The van der Waals surface area contributed by atoms with Crippen LogP contribution in [0.1, 0.15) is 31.7 Å². The van der Waals surface area contributed by atoms with Crippen LogP contribution in [-0.2, 0) is 4.74 Å². The maximum Gasteiger partial charge on any atom is 0.410 e. The average Bonchev–Trinajstić information content (AvgIpc) is 2.82. The molecule has 2 rings (SSSR count). The third-order valence-corrected chi connectivity index (χ3v) is 4.44. The molecule has 7 heteroatoms. The van der Waals surface area contributed by atoms with Crippen molar-refractivity contribution >= 4 is 33.4 Å². The van der Waals surface area contributed by atoms with E-state index in [0.717, 1.165) is 9.61 Å². The number of thiazole rings is 1. The molecule has 5 nitrogen and oxygen atoms in total. The summed E-state index contributed by atoms with van der Waals surface area (Å²) in [6.45, 7) is 6.21. The molecule has 0 aromatic carbocycles. The molecule has 19 heavy (non-hydrogen) atoms. The Balaban J connectivity index is 2.03. The van der Waals surface area contributed by atoms with Crippen molar-refractivity contribution in [3.63, 3.8) is 0 Å². The Labute approximate surface area is 124 Å². The van der Waals surface area contributed by atoms with Crippen LogP contribution in [0.4, 0.5) is 4.79 Å². The van der Waals surface area contributed by atoms with Gasteiger partial charge in [0.15, 0.2) is 0 Å². The van der Waals surface area contributed by atoms with Gasteiger partial charge >= 0.3 is 6.09 Å². The van der Waals surface area contributed by atoms with Crippen molar-refractivity contribution in [1.29, 1.82) is 0 Å². The number of nitrogens with zero attached hydrogens (tertiary/aromatic N) is 2. The summed E-state index contributed by atoms with van der Waals surface area (Å²) in [6, 6.07) is 0. The van der Waals surface area contributed by atoms with Gasteiger partial charge in [0.25, 0.3) is 0 Å². The lowest BCUT2D eigenvalue weighted by Crippen LogP contribution is -2.35. The fourth-order valence-corrected chi connectivity index (χ4v) is 3.36. The van der Waals surface area contributed by atoms with Crippen LogP contribution < -0.4 is 0 Å². The predicted molar refractivity (Wildman–Crippen MR) is 76.4 cm³/mol. The van der Waals surface area contributed by atoms with Crippen LogP contribution in [0.3, 0.4) is 0 Å². The molecule has 0 aliphatic carbocycles. The number of aromatic nitrogens is 1. The summed E-state index contributed by atoms with van der Waals surface area (Å²) in [4.78, 5) is 17.8. The summed E-state index contributed by atoms with van der Waals surface area (Å²) < 4.78 is 6.07. The van der Waals surface area contributed by atoms with E-state index in [1.54, 1.807) is 0 Å². The van der Waals surface area contributed by atoms with Crippen LogP contribution in [0.2, 0.25) is 0 Å². The van der Waals surface area contributed by atoms with Crippen LogP contribution in [0.5, 0.6) is 0 Å². The van der Waals surface area contributed by atoms with E-state index in [-0.39, 0.29) is 18.6 Å². The minimum absolute atomic E-state index is 0.135. The van der Waals surface area contributed by atoms with Crippen molar-refractivity contribution in [2.45, 2.75) is 38.4 Å². The van der Waals surface area contributed by atoms with Gasteiger partial charge in [-0.2, -0.15) is 0 Å². The summed E-state index contributed by atoms with van der Waals surface area (Å²) in [5.74, 6) is -0.135. The monoisotopic (exact) mass is 348 g/mol. The van der Waals surface area contributed by atoms with Crippen LogP contribution in [-0.4, -0.2) is 45.9 Å². The van der Waals surface area contributed by atoms with Gasteiger partial charge in [-0.3, -0.25) is 0 Å². The van der Waals surface area contributed by atoms with E-state index in [2.05, 4.69) is 20.9 Å². The lowest BCUT2D eigenvalue weighted by Gasteiger charge is -2.24. The standard InChI is InChI=1S/C12H17BrN2O3S/c1-12(2,3)18-11(17)15-4-7(8(16)5-15)10-14-9(13)6-19-10/h6-8,16H,4-5H2,1-3H3. The van der Waals surface area contributed by atoms with Crippen molar-refractivity contribution in [3.05, 3.63) is 15.0 Å². The van der Waals surface area contributed by atoms with E-state index in [1.807, 2.05) is 26.2 Å². The number of aliphatic hydroxyl groups is 1. The summed E-state index contributed by atoms with van der Waals surface area (Å²) in [6.07, 6.45) is -0.977. The second-order valence-corrected chi connectivity index (χ2v) is 7.27. The number of amides is 1. The molecule has 2 unspecified atom stereocenters. The molecule has 1 N–H and O–H groups in total. The van der Waals surface area contributed by atoms with E-state index >= 15 is 0 Å². The molecule has 2 heterocycles. The molecule has 1 aliphatic rings. The Hall–Kier alpha value is -0.660. The van der Waals surface area contributed by atoms with Gasteiger partial charge in [0, 0.05) is 11.9 Å². The number of halogens is 1. The second kappa shape index (κ2) is 5.38. The maximum atomic E-state index is 12.0. The van der Waals surface area contributed by atoms with Crippen LogP contribution in [0, 0.1) is 0 Å². The zero-order chi connectivity index (χ0) is 14.2. The molecule has 0 radical (unpaired) electrons. The number of rotatable bonds is 1. The first-order chi connectivity index (χ1) is 8.76. The minimum Gasteiger partial charge on any atom is -0.444 e. The number of hydrogen-bond acceptors (Lipinski definition) is 5. The van der Waals surface area contributed by atoms with Crippen molar-refractivity contribution in [2.24, 2.45) is 0 Å².